The minimum absolute atomic E-state index is 0.347. The third kappa shape index (κ3) is 3.48. The lowest BCUT2D eigenvalue weighted by Gasteiger charge is -2.31. The average Bonchev–Trinajstić information content (AvgIpc) is 2.56. The first-order valence-corrected chi connectivity index (χ1v) is 8.19. The van der Waals surface area contributed by atoms with Gasteiger partial charge in [0.05, 0.1) is 14.2 Å². The fourth-order valence-electron chi connectivity index (χ4n) is 2.95. The van der Waals surface area contributed by atoms with Gasteiger partial charge in [-0.25, -0.2) is 4.99 Å². The summed E-state index contributed by atoms with van der Waals surface area (Å²) in [6, 6.07) is 4.06. The minimum Gasteiger partial charge on any atom is -0.493 e. The summed E-state index contributed by atoms with van der Waals surface area (Å²) in [4.78, 5) is 4.40. The van der Waals surface area contributed by atoms with Crippen LogP contribution in [0.4, 0.5) is 0 Å². The normalized spacial score (nSPS) is 20.3. The van der Waals surface area contributed by atoms with Crippen LogP contribution in [0.3, 0.4) is 0 Å². The van der Waals surface area contributed by atoms with E-state index in [1.165, 1.54) is 5.56 Å². The molecule has 2 rings (SSSR count). The van der Waals surface area contributed by atoms with E-state index in [-0.39, 0.29) is 0 Å². The highest BCUT2D eigenvalue weighted by molar-refractivity contribution is 5.81. The van der Waals surface area contributed by atoms with E-state index in [2.05, 4.69) is 24.2 Å². The van der Waals surface area contributed by atoms with Gasteiger partial charge in [0.15, 0.2) is 17.5 Å². The van der Waals surface area contributed by atoms with E-state index in [1.54, 1.807) is 14.2 Å². The number of hydrogen-bond acceptors (Lipinski definition) is 6. The summed E-state index contributed by atoms with van der Waals surface area (Å²) < 4.78 is 10.9. The first-order chi connectivity index (χ1) is 11.3. The number of ether oxygens (including phenoxy) is 2. The lowest BCUT2D eigenvalue weighted by atomic mass is 9.87. The van der Waals surface area contributed by atoms with Crippen LogP contribution >= 0.6 is 0 Å². The zero-order valence-electron chi connectivity index (χ0n) is 15.1. The van der Waals surface area contributed by atoms with Gasteiger partial charge in [-0.15, -0.1) is 0 Å². The van der Waals surface area contributed by atoms with Gasteiger partial charge in [-0.2, -0.15) is 0 Å². The Bertz CT molecular complexity index is 667. The van der Waals surface area contributed by atoms with E-state index in [9.17, 15) is 0 Å². The van der Waals surface area contributed by atoms with E-state index in [0.29, 0.717) is 30.5 Å². The second kappa shape index (κ2) is 7.13. The molecule has 6 nitrogen and oxygen atoms in total. The van der Waals surface area contributed by atoms with Crippen molar-refractivity contribution in [1.29, 1.82) is 0 Å². The number of benzene rings is 1. The Morgan fingerprint density at radius 2 is 1.83 bits per heavy atom. The largest absolute Gasteiger partial charge is 0.493 e. The molecule has 1 unspecified atom stereocenters. The van der Waals surface area contributed by atoms with E-state index in [4.69, 9.17) is 20.9 Å². The van der Waals surface area contributed by atoms with Crippen molar-refractivity contribution in [2.45, 2.75) is 45.2 Å². The van der Waals surface area contributed by atoms with Gasteiger partial charge in [0.1, 0.15) is 5.66 Å². The predicted octanol–water partition coefficient (Wildman–Crippen LogP) is 2.24. The fourth-order valence-corrected chi connectivity index (χ4v) is 2.95. The summed E-state index contributed by atoms with van der Waals surface area (Å²) in [5.74, 6) is 2.14. The van der Waals surface area contributed by atoms with Crippen LogP contribution in [-0.4, -0.2) is 25.8 Å². The Kier molecular flexibility index (Phi) is 5.39. The molecule has 0 aromatic heterocycles. The number of nitrogens with two attached hydrogens (primary N) is 2. The van der Waals surface area contributed by atoms with Gasteiger partial charge in [0.2, 0.25) is 0 Å². The lowest BCUT2D eigenvalue weighted by molar-refractivity contribution is 0.353. The molecular weight excluding hydrogens is 304 g/mol. The molecule has 0 spiro atoms. The summed E-state index contributed by atoms with van der Waals surface area (Å²) in [7, 11) is 3.29. The molecule has 1 aliphatic rings. The van der Waals surface area contributed by atoms with Crippen molar-refractivity contribution in [1.82, 2.24) is 5.32 Å². The highest BCUT2D eigenvalue weighted by atomic mass is 16.5. The van der Waals surface area contributed by atoms with Crippen molar-refractivity contribution >= 4 is 5.96 Å². The molecule has 0 amide bonds. The van der Waals surface area contributed by atoms with Crippen molar-refractivity contribution in [2.24, 2.45) is 16.5 Å². The monoisotopic (exact) mass is 332 g/mol. The second-order valence-corrected chi connectivity index (χ2v) is 6.33. The van der Waals surface area contributed by atoms with Crippen LogP contribution in [0.25, 0.3) is 0 Å². The molecule has 1 heterocycles. The molecule has 1 aliphatic heterocycles. The van der Waals surface area contributed by atoms with Crippen LogP contribution in [0.1, 0.15) is 44.2 Å². The van der Waals surface area contributed by atoms with Gasteiger partial charge >= 0.3 is 0 Å². The van der Waals surface area contributed by atoms with Gasteiger partial charge < -0.3 is 26.3 Å². The lowest BCUT2D eigenvalue weighted by Crippen LogP contribution is -2.48. The van der Waals surface area contributed by atoms with Gasteiger partial charge in [-0.05, 0) is 47.6 Å². The van der Waals surface area contributed by atoms with Crippen molar-refractivity contribution in [3.05, 3.63) is 35.0 Å². The van der Waals surface area contributed by atoms with Crippen molar-refractivity contribution < 1.29 is 9.47 Å². The minimum atomic E-state index is -0.781. The molecule has 6 heteroatoms. The maximum Gasteiger partial charge on any atom is 0.194 e. The number of nitrogens with zero attached hydrogens (tertiary/aromatic N) is 1. The van der Waals surface area contributed by atoms with Crippen molar-refractivity contribution in [2.75, 3.05) is 14.2 Å². The van der Waals surface area contributed by atoms with Gasteiger partial charge in [-0.3, -0.25) is 0 Å². The molecule has 0 aliphatic carbocycles. The molecule has 0 saturated heterocycles. The third-order valence-electron chi connectivity index (χ3n) is 4.46. The molecule has 0 fully saturated rings. The summed E-state index contributed by atoms with van der Waals surface area (Å²) in [6.07, 6.45) is 3.21. The molecule has 0 bridgehead atoms. The Hall–Kier alpha value is -2.21. The van der Waals surface area contributed by atoms with Crippen LogP contribution in [-0.2, 0) is 6.42 Å². The quantitative estimate of drug-likeness (QED) is 0.742. The number of nitrogens with one attached hydrogen (secondary N) is 1. The number of methoxy groups -OCH3 is 2. The summed E-state index contributed by atoms with van der Waals surface area (Å²) in [5.41, 5.74) is 14.8. The first-order valence-electron chi connectivity index (χ1n) is 8.19. The second-order valence-electron chi connectivity index (χ2n) is 6.33. The smallest absolute Gasteiger partial charge is 0.194 e. The average molecular weight is 332 g/mol. The van der Waals surface area contributed by atoms with Gasteiger partial charge in [0, 0.05) is 6.20 Å². The number of rotatable bonds is 6. The molecule has 0 radical (unpaired) electrons. The number of aliphatic imine (C=N–C) groups is 1. The van der Waals surface area contributed by atoms with Crippen molar-refractivity contribution in [3.8, 4) is 11.5 Å². The van der Waals surface area contributed by atoms with Gasteiger partial charge in [0.25, 0.3) is 0 Å². The Morgan fingerprint density at radius 1 is 1.21 bits per heavy atom. The summed E-state index contributed by atoms with van der Waals surface area (Å²) in [5, 5.41) is 2.97. The SMILES string of the molecule is CCC1(N)N=C(N)NC=C1Cc1cc(OC)c(OC)cc1C(C)C. The molecule has 1 aromatic rings. The highest BCUT2D eigenvalue weighted by Gasteiger charge is 2.31. The molecule has 1 atom stereocenters. The van der Waals surface area contributed by atoms with Crippen LogP contribution in [0, 0.1) is 0 Å². The molecule has 5 N–H and O–H groups in total. The van der Waals surface area contributed by atoms with E-state index < -0.39 is 5.66 Å². The molecule has 132 valence electrons. The van der Waals surface area contributed by atoms with E-state index in [1.807, 2.05) is 25.3 Å². The van der Waals surface area contributed by atoms with E-state index in [0.717, 1.165) is 16.9 Å². The maximum atomic E-state index is 6.46. The molecule has 1 aromatic carbocycles. The third-order valence-corrected chi connectivity index (χ3v) is 4.46. The standard InChI is InChI=1S/C18H28N4O2/c1-6-18(20)13(10-21-17(19)22-18)7-12-8-15(23-4)16(24-5)9-14(12)11(2)3/h8-11H,6-7,20H2,1-5H3,(H3,19,21,22). The van der Waals surface area contributed by atoms with E-state index >= 15 is 0 Å². The zero-order valence-corrected chi connectivity index (χ0v) is 15.1. The Balaban J connectivity index is 2.45. The van der Waals surface area contributed by atoms with Crippen LogP contribution in [0.5, 0.6) is 11.5 Å². The maximum absolute atomic E-state index is 6.46. The number of guanidine groups is 1. The Labute approximate surface area is 143 Å². The zero-order chi connectivity index (χ0) is 17.9. The van der Waals surface area contributed by atoms with Crippen LogP contribution in [0.15, 0.2) is 28.9 Å². The molecule has 24 heavy (non-hydrogen) atoms. The summed E-state index contributed by atoms with van der Waals surface area (Å²) >= 11 is 0. The van der Waals surface area contributed by atoms with Crippen LogP contribution in [0.2, 0.25) is 0 Å². The molecular formula is C18H28N4O2. The first kappa shape index (κ1) is 18.1. The van der Waals surface area contributed by atoms with Gasteiger partial charge in [-0.1, -0.05) is 20.8 Å². The fraction of sp³-hybridized carbons (Fsp3) is 0.500. The topological polar surface area (TPSA) is 94.9 Å². The predicted molar refractivity (Wildman–Crippen MR) is 97.4 cm³/mol. The van der Waals surface area contributed by atoms with Crippen LogP contribution < -0.4 is 26.3 Å². The highest BCUT2D eigenvalue weighted by Crippen LogP contribution is 2.36. The summed E-state index contributed by atoms with van der Waals surface area (Å²) in [6.45, 7) is 6.32. The van der Waals surface area contributed by atoms with Crippen molar-refractivity contribution in [3.63, 3.8) is 0 Å². The Morgan fingerprint density at radius 3 is 2.38 bits per heavy atom. The molecule has 0 saturated carbocycles. The number of hydrogen-bond donors (Lipinski definition) is 3.